The third-order valence-electron chi connectivity index (χ3n) is 2.87. The van der Waals surface area contributed by atoms with Crippen molar-refractivity contribution in [2.45, 2.75) is 39.2 Å². The summed E-state index contributed by atoms with van der Waals surface area (Å²) in [6.07, 6.45) is 1.97. The molecule has 0 saturated heterocycles. The first-order chi connectivity index (χ1) is 8.95. The number of aliphatic carboxylic acids is 1. The van der Waals surface area contributed by atoms with Crippen LogP contribution in [0.2, 0.25) is 0 Å². The number of rotatable bonds is 6. The van der Waals surface area contributed by atoms with Crippen LogP contribution < -0.4 is 5.32 Å². The summed E-state index contributed by atoms with van der Waals surface area (Å²) >= 11 is 0. The molecule has 0 spiro atoms. The Bertz CT molecular complexity index is 474. The van der Waals surface area contributed by atoms with Crippen molar-refractivity contribution in [3.05, 3.63) is 35.1 Å². The van der Waals surface area contributed by atoms with Crippen molar-refractivity contribution >= 4 is 11.9 Å². The number of hydrogen-bond donors (Lipinski definition) is 2. The quantitative estimate of drug-likeness (QED) is 0.832. The van der Waals surface area contributed by atoms with E-state index in [0.29, 0.717) is 12.0 Å². The minimum atomic E-state index is -1.05. The van der Waals surface area contributed by atoms with Crippen LogP contribution in [0.1, 0.15) is 42.1 Å². The fourth-order valence-electron chi connectivity index (χ4n) is 1.69. The fourth-order valence-corrected chi connectivity index (χ4v) is 1.69. The highest BCUT2D eigenvalue weighted by atomic mass is 19.1. The third-order valence-corrected chi connectivity index (χ3v) is 2.87. The van der Waals surface area contributed by atoms with E-state index in [1.807, 2.05) is 6.92 Å². The normalized spacial score (nSPS) is 11.9. The first-order valence-electron chi connectivity index (χ1n) is 6.25. The Morgan fingerprint density at radius 1 is 1.42 bits per heavy atom. The Hall–Kier alpha value is -1.91. The molecule has 1 rings (SSSR count). The molecule has 0 unspecified atom stereocenters. The number of benzene rings is 1. The van der Waals surface area contributed by atoms with Crippen LogP contribution in [0.3, 0.4) is 0 Å². The van der Waals surface area contributed by atoms with Gasteiger partial charge in [-0.25, -0.2) is 9.18 Å². The number of carbonyl (C=O) groups excluding carboxylic acids is 1. The van der Waals surface area contributed by atoms with Crippen LogP contribution in [0.15, 0.2) is 18.2 Å². The highest BCUT2D eigenvalue weighted by Crippen LogP contribution is 2.10. The van der Waals surface area contributed by atoms with Gasteiger partial charge in [0.05, 0.1) is 0 Å². The monoisotopic (exact) mass is 267 g/mol. The molecule has 0 radical (unpaired) electrons. The fraction of sp³-hybridized carbons (Fsp3) is 0.429. The number of hydrogen-bond acceptors (Lipinski definition) is 2. The second-order valence-corrected chi connectivity index (χ2v) is 4.47. The average molecular weight is 267 g/mol. The predicted octanol–water partition coefficient (Wildman–Crippen LogP) is 2.51. The Morgan fingerprint density at radius 2 is 2.11 bits per heavy atom. The molecule has 0 aromatic heterocycles. The second-order valence-electron chi connectivity index (χ2n) is 4.47. The van der Waals surface area contributed by atoms with Crippen LogP contribution in [-0.4, -0.2) is 23.0 Å². The molecule has 4 nitrogen and oxygen atoms in total. The van der Waals surface area contributed by atoms with Crippen molar-refractivity contribution in [3.63, 3.8) is 0 Å². The molecule has 1 amide bonds. The summed E-state index contributed by atoms with van der Waals surface area (Å²) in [5.41, 5.74) is 0.620. The molecular weight excluding hydrogens is 249 g/mol. The van der Waals surface area contributed by atoms with Crippen LogP contribution in [0, 0.1) is 12.7 Å². The number of nitrogens with one attached hydrogen (secondary N) is 1. The lowest BCUT2D eigenvalue weighted by Gasteiger charge is -2.14. The highest BCUT2D eigenvalue weighted by molar-refractivity contribution is 5.96. The molecule has 1 aromatic carbocycles. The third kappa shape index (κ3) is 4.35. The van der Waals surface area contributed by atoms with Gasteiger partial charge in [-0.2, -0.15) is 0 Å². The summed E-state index contributed by atoms with van der Waals surface area (Å²) in [7, 11) is 0. The van der Waals surface area contributed by atoms with E-state index in [2.05, 4.69) is 5.32 Å². The summed E-state index contributed by atoms with van der Waals surface area (Å²) in [5, 5.41) is 11.5. The number of carboxylic acids is 1. The van der Waals surface area contributed by atoms with Gasteiger partial charge < -0.3 is 10.4 Å². The summed E-state index contributed by atoms with van der Waals surface area (Å²) < 4.78 is 13.1. The molecule has 5 heteroatoms. The largest absolute Gasteiger partial charge is 0.480 e. The van der Waals surface area contributed by atoms with Crippen LogP contribution >= 0.6 is 0 Å². The SMILES string of the molecule is CCCC[C@H](NC(=O)c1ccc(F)c(C)c1)C(=O)O. The first kappa shape index (κ1) is 15.1. The number of aryl methyl sites for hydroxylation is 1. The molecule has 0 aliphatic carbocycles. The maximum atomic E-state index is 13.1. The van der Waals surface area contributed by atoms with Crippen LogP contribution in [0.4, 0.5) is 4.39 Å². The molecule has 0 aliphatic rings. The van der Waals surface area contributed by atoms with Crippen LogP contribution in [0.25, 0.3) is 0 Å². The minimum Gasteiger partial charge on any atom is -0.480 e. The number of unbranched alkanes of at least 4 members (excludes halogenated alkanes) is 1. The van der Waals surface area contributed by atoms with Gasteiger partial charge in [-0.05, 0) is 37.1 Å². The van der Waals surface area contributed by atoms with Crippen molar-refractivity contribution in [1.82, 2.24) is 5.32 Å². The van der Waals surface area contributed by atoms with Gasteiger partial charge >= 0.3 is 5.97 Å². The number of halogens is 1. The summed E-state index contributed by atoms with van der Waals surface area (Å²) in [6.45, 7) is 3.50. The van der Waals surface area contributed by atoms with E-state index >= 15 is 0 Å². The zero-order valence-electron chi connectivity index (χ0n) is 11.1. The van der Waals surface area contributed by atoms with E-state index in [1.165, 1.54) is 18.2 Å². The zero-order valence-corrected chi connectivity index (χ0v) is 11.1. The molecule has 0 heterocycles. The number of amides is 1. The maximum absolute atomic E-state index is 13.1. The van der Waals surface area contributed by atoms with E-state index in [-0.39, 0.29) is 5.56 Å². The average Bonchev–Trinajstić information content (AvgIpc) is 2.37. The topological polar surface area (TPSA) is 66.4 Å². The van der Waals surface area contributed by atoms with Gasteiger partial charge in [-0.1, -0.05) is 19.8 Å². The van der Waals surface area contributed by atoms with Crippen LogP contribution in [0.5, 0.6) is 0 Å². The molecule has 1 aromatic rings. The highest BCUT2D eigenvalue weighted by Gasteiger charge is 2.20. The molecular formula is C14H18FNO3. The Balaban J connectivity index is 2.75. The van der Waals surface area contributed by atoms with Gasteiger partial charge in [0.2, 0.25) is 0 Å². The second kappa shape index (κ2) is 6.87. The van der Waals surface area contributed by atoms with Gasteiger partial charge in [-0.3, -0.25) is 4.79 Å². The van der Waals surface area contributed by atoms with Gasteiger partial charge in [0.25, 0.3) is 5.91 Å². The Kier molecular flexibility index (Phi) is 5.48. The molecule has 2 N–H and O–H groups in total. The van der Waals surface area contributed by atoms with Crippen LogP contribution in [-0.2, 0) is 4.79 Å². The lowest BCUT2D eigenvalue weighted by Crippen LogP contribution is -2.40. The summed E-state index contributed by atoms with van der Waals surface area (Å²) in [5.74, 6) is -1.94. The van der Waals surface area contributed by atoms with E-state index < -0.39 is 23.7 Å². The Labute approximate surface area is 111 Å². The molecule has 1 atom stereocenters. The predicted molar refractivity (Wildman–Crippen MR) is 69.6 cm³/mol. The minimum absolute atomic E-state index is 0.265. The van der Waals surface area contributed by atoms with Crippen molar-refractivity contribution in [1.29, 1.82) is 0 Å². The standard InChI is InChI=1S/C14H18FNO3/c1-3-4-5-12(14(18)19)16-13(17)10-6-7-11(15)9(2)8-10/h6-8,12H,3-5H2,1-2H3,(H,16,17)(H,18,19)/t12-/m0/s1. The van der Waals surface area contributed by atoms with Crippen molar-refractivity contribution < 1.29 is 19.1 Å². The molecule has 19 heavy (non-hydrogen) atoms. The summed E-state index contributed by atoms with van der Waals surface area (Å²) in [6, 6.07) is 3.05. The molecule has 0 fully saturated rings. The lowest BCUT2D eigenvalue weighted by atomic mass is 10.1. The maximum Gasteiger partial charge on any atom is 0.326 e. The molecule has 0 bridgehead atoms. The Morgan fingerprint density at radius 3 is 2.63 bits per heavy atom. The van der Waals surface area contributed by atoms with Crippen molar-refractivity contribution in [3.8, 4) is 0 Å². The van der Waals surface area contributed by atoms with Crippen molar-refractivity contribution in [2.24, 2.45) is 0 Å². The number of carboxylic acid groups (broad SMARTS) is 1. The van der Waals surface area contributed by atoms with E-state index in [9.17, 15) is 14.0 Å². The van der Waals surface area contributed by atoms with Crippen molar-refractivity contribution in [2.75, 3.05) is 0 Å². The van der Waals surface area contributed by atoms with Gasteiger partial charge in [-0.15, -0.1) is 0 Å². The lowest BCUT2D eigenvalue weighted by molar-refractivity contribution is -0.139. The van der Waals surface area contributed by atoms with E-state index in [4.69, 9.17) is 5.11 Å². The van der Waals surface area contributed by atoms with Gasteiger partial charge in [0, 0.05) is 5.56 Å². The molecule has 0 aliphatic heterocycles. The van der Waals surface area contributed by atoms with Gasteiger partial charge in [0.1, 0.15) is 11.9 Å². The van der Waals surface area contributed by atoms with E-state index in [0.717, 1.165) is 12.8 Å². The number of carbonyl (C=O) groups is 2. The smallest absolute Gasteiger partial charge is 0.326 e. The molecule has 104 valence electrons. The van der Waals surface area contributed by atoms with Gasteiger partial charge in [0.15, 0.2) is 0 Å². The zero-order chi connectivity index (χ0) is 14.4. The first-order valence-corrected chi connectivity index (χ1v) is 6.25. The van der Waals surface area contributed by atoms with E-state index in [1.54, 1.807) is 6.92 Å². The molecule has 0 saturated carbocycles. The summed E-state index contributed by atoms with van der Waals surface area (Å²) in [4.78, 5) is 22.9.